The van der Waals surface area contributed by atoms with Crippen LogP contribution < -0.4 is 10.6 Å². The van der Waals surface area contributed by atoms with E-state index < -0.39 is 6.03 Å². The fourth-order valence-corrected chi connectivity index (χ4v) is 5.95. The largest absolute Gasteiger partial charge is 0.329 e. The van der Waals surface area contributed by atoms with Crippen molar-refractivity contribution in [3.63, 3.8) is 0 Å². The van der Waals surface area contributed by atoms with Crippen molar-refractivity contribution in [2.75, 3.05) is 23.4 Å². The summed E-state index contributed by atoms with van der Waals surface area (Å²) in [6.45, 7) is 0.211. The van der Waals surface area contributed by atoms with Crippen molar-refractivity contribution >= 4 is 47.1 Å². The minimum Gasteiger partial charge on any atom is -0.329 e. The highest BCUT2D eigenvalue weighted by atomic mass is 32.2. The van der Waals surface area contributed by atoms with Gasteiger partial charge in [0.1, 0.15) is 0 Å². The zero-order valence-electron chi connectivity index (χ0n) is 15.0. The molecule has 0 unspecified atom stereocenters. The van der Waals surface area contributed by atoms with Crippen LogP contribution in [0.1, 0.15) is 26.1 Å². The summed E-state index contributed by atoms with van der Waals surface area (Å²) in [5.41, 5.74) is 3.23. The summed E-state index contributed by atoms with van der Waals surface area (Å²) < 4.78 is 0.458. The number of anilines is 1. The van der Waals surface area contributed by atoms with E-state index in [1.165, 1.54) is 22.0 Å². The number of nitrogens with zero attached hydrogens (tertiary/aromatic N) is 1. The molecular weight excluding hydrogens is 394 g/mol. The lowest BCUT2D eigenvalue weighted by Gasteiger charge is -2.13. The summed E-state index contributed by atoms with van der Waals surface area (Å²) in [4.78, 5) is 37.1. The van der Waals surface area contributed by atoms with Crippen LogP contribution in [-0.2, 0) is 11.3 Å². The van der Waals surface area contributed by atoms with Crippen molar-refractivity contribution in [1.29, 1.82) is 0 Å². The smallest absolute Gasteiger partial charge is 0.324 e. The average Bonchev–Trinajstić information content (AvgIpc) is 3.35. The lowest BCUT2D eigenvalue weighted by molar-refractivity contribution is -0.125. The van der Waals surface area contributed by atoms with E-state index in [-0.39, 0.29) is 24.9 Å². The molecule has 6 nitrogen and oxygen atoms in total. The van der Waals surface area contributed by atoms with Crippen molar-refractivity contribution in [3.05, 3.63) is 65.2 Å². The van der Waals surface area contributed by atoms with E-state index >= 15 is 0 Å². The van der Waals surface area contributed by atoms with Crippen molar-refractivity contribution in [2.45, 2.75) is 11.1 Å². The van der Waals surface area contributed by atoms with Gasteiger partial charge < -0.3 is 10.6 Å². The zero-order valence-corrected chi connectivity index (χ0v) is 16.6. The Morgan fingerprint density at radius 2 is 1.86 bits per heavy atom. The number of carbonyl (C=O) groups is 3. The molecular formula is C20H19N3O3S2. The number of thioether (sulfide) groups is 2. The van der Waals surface area contributed by atoms with Crippen LogP contribution in [0.3, 0.4) is 0 Å². The summed E-state index contributed by atoms with van der Waals surface area (Å²) in [7, 11) is 0. The normalized spacial score (nSPS) is 17.1. The summed E-state index contributed by atoms with van der Waals surface area (Å²) in [6, 6.07) is 14.5. The number of hydrogen-bond acceptors (Lipinski definition) is 5. The van der Waals surface area contributed by atoms with Gasteiger partial charge in [0.15, 0.2) is 0 Å². The molecule has 2 N–H and O–H groups in total. The number of carbonyl (C=O) groups excluding carboxylic acids is 3. The van der Waals surface area contributed by atoms with Crippen LogP contribution >= 0.6 is 23.5 Å². The number of rotatable bonds is 5. The van der Waals surface area contributed by atoms with Gasteiger partial charge >= 0.3 is 6.03 Å². The molecule has 144 valence electrons. The van der Waals surface area contributed by atoms with Gasteiger partial charge in [0.25, 0.3) is 5.91 Å². The molecule has 4 amide bonds. The van der Waals surface area contributed by atoms with Gasteiger partial charge in [-0.2, -0.15) is 0 Å². The molecule has 0 spiro atoms. The molecule has 0 aliphatic carbocycles. The molecule has 0 aromatic heterocycles. The third-order valence-electron chi connectivity index (χ3n) is 4.53. The van der Waals surface area contributed by atoms with Crippen LogP contribution in [0.2, 0.25) is 0 Å². The third-order valence-corrected chi connectivity index (χ3v) is 7.63. The highest BCUT2D eigenvalue weighted by molar-refractivity contribution is 8.19. The molecule has 2 fully saturated rings. The Morgan fingerprint density at radius 1 is 1.11 bits per heavy atom. The Bertz CT molecular complexity index is 895. The van der Waals surface area contributed by atoms with Gasteiger partial charge in [-0.3, -0.25) is 14.5 Å². The van der Waals surface area contributed by atoms with Gasteiger partial charge in [-0.15, -0.1) is 23.5 Å². The van der Waals surface area contributed by atoms with E-state index in [0.717, 1.165) is 5.56 Å². The first-order valence-electron chi connectivity index (χ1n) is 8.92. The van der Waals surface area contributed by atoms with Gasteiger partial charge in [0.2, 0.25) is 5.91 Å². The van der Waals surface area contributed by atoms with Crippen molar-refractivity contribution in [2.24, 2.45) is 0 Å². The lowest BCUT2D eigenvalue weighted by Crippen LogP contribution is -2.30. The van der Waals surface area contributed by atoms with Gasteiger partial charge in [0.05, 0.1) is 17.7 Å². The second-order valence-corrected chi connectivity index (χ2v) is 9.21. The number of benzene rings is 2. The average molecular weight is 414 g/mol. The number of hydrogen-bond donors (Lipinski definition) is 2. The maximum Gasteiger partial charge on any atom is 0.324 e. The number of urea groups is 1. The quantitative estimate of drug-likeness (QED) is 0.734. The Morgan fingerprint density at radius 3 is 2.54 bits per heavy atom. The molecule has 0 bridgehead atoms. The zero-order chi connectivity index (χ0) is 19.5. The topological polar surface area (TPSA) is 78.5 Å². The summed E-state index contributed by atoms with van der Waals surface area (Å²) >= 11 is 3.87. The Labute approximate surface area is 171 Å². The number of imide groups is 1. The standard InChI is InChI=1S/C20H19N3O3S2/c24-17-11-21-20(26)23(17)12-13-2-1-3-16(10-13)22-18(25)14-4-6-15(7-5-14)19-27-8-9-28-19/h1-7,10,19H,8-9,11-12H2,(H,21,26)(H,22,25). The lowest BCUT2D eigenvalue weighted by atomic mass is 10.1. The van der Waals surface area contributed by atoms with Gasteiger partial charge in [-0.05, 0) is 35.4 Å². The fraction of sp³-hybridized carbons (Fsp3) is 0.250. The molecule has 2 aliphatic rings. The molecule has 2 heterocycles. The van der Waals surface area contributed by atoms with E-state index in [2.05, 4.69) is 10.6 Å². The number of amides is 4. The van der Waals surface area contributed by atoms with Crippen LogP contribution in [0.25, 0.3) is 0 Å². The van der Waals surface area contributed by atoms with Crippen molar-refractivity contribution < 1.29 is 14.4 Å². The SMILES string of the molecule is O=C(Nc1cccc(CN2C(=O)CNC2=O)c1)c1ccc(C2SCCS2)cc1. The van der Waals surface area contributed by atoms with Gasteiger partial charge in [-0.1, -0.05) is 24.3 Å². The van der Waals surface area contributed by atoms with E-state index in [4.69, 9.17) is 0 Å². The first-order valence-corrected chi connectivity index (χ1v) is 11.0. The highest BCUT2D eigenvalue weighted by Gasteiger charge is 2.28. The summed E-state index contributed by atoms with van der Waals surface area (Å²) in [5, 5.41) is 5.38. The van der Waals surface area contributed by atoms with E-state index in [0.29, 0.717) is 15.8 Å². The van der Waals surface area contributed by atoms with Crippen molar-refractivity contribution in [1.82, 2.24) is 10.2 Å². The highest BCUT2D eigenvalue weighted by Crippen LogP contribution is 2.45. The van der Waals surface area contributed by atoms with Gasteiger partial charge in [-0.25, -0.2) is 4.79 Å². The van der Waals surface area contributed by atoms with Crippen LogP contribution in [0.15, 0.2) is 48.5 Å². The molecule has 0 atom stereocenters. The second-order valence-electron chi connectivity index (χ2n) is 6.49. The monoisotopic (exact) mass is 413 g/mol. The Kier molecular flexibility index (Phi) is 5.59. The molecule has 2 saturated heterocycles. The molecule has 2 aromatic rings. The van der Waals surface area contributed by atoms with Crippen molar-refractivity contribution in [3.8, 4) is 0 Å². The Hall–Kier alpha value is -2.45. The molecule has 28 heavy (non-hydrogen) atoms. The minimum absolute atomic E-state index is 0.0309. The second kappa shape index (κ2) is 8.28. The molecule has 4 rings (SSSR count). The first kappa shape index (κ1) is 18.9. The fourth-order valence-electron chi connectivity index (χ4n) is 3.09. The van der Waals surface area contributed by atoms with Crippen LogP contribution in [-0.4, -0.2) is 40.8 Å². The van der Waals surface area contributed by atoms with Gasteiger partial charge in [0, 0.05) is 22.8 Å². The summed E-state index contributed by atoms with van der Waals surface area (Å²) in [6.07, 6.45) is 0. The molecule has 0 saturated carbocycles. The van der Waals surface area contributed by atoms with E-state index in [9.17, 15) is 14.4 Å². The summed E-state index contributed by atoms with van der Waals surface area (Å²) in [5.74, 6) is 1.89. The molecule has 0 radical (unpaired) electrons. The van der Waals surface area contributed by atoms with E-state index in [1.807, 2.05) is 53.9 Å². The van der Waals surface area contributed by atoms with Crippen LogP contribution in [0.4, 0.5) is 10.5 Å². The maximum atomic E-state index is 12.6. The number of nitrogens with one attached hydrogen (secondary N) is 2. The third kappa shape index (κ3) is 4.18. The van der Waals surface area contributed by atoms with Crippen LogP contribution in [0.5, 0.6) is 0 Å². The first-order chi connectivity index (χ1) is 13.6. The maximum absolute atomic E-state index is 12.6. The molecule has 8 heteroatoms. The predicted octanol–water partition coefficient (Wildman–Crippen LogP) is 3.47. The van der Waals surface area contributed by atoms with Crippen LogP contribution in [0, 0.1) is 0 Å². The predicted molar refractivity (Wildman–Crippen MR) is 112 cm³/mol. The molecule has 2 aliphatic heterocycles. The van der Waals surface area contributed by atoms with E-state index in [1.54, 1.807) is 18.2 Å². The molecule has 2 aromatic carbocycles. The Balaban J connectivity index is 1.41. The minimum atomic E-state index is -0.391.